The molecule has 3 rings (SSSR count). The van der Waals surface area contributed by atoms with Crippen LogP contribution in [0.1, 0.15) is 42.7 Å². The maximum Gasteiger partial charge on any atom is 0.160 e. The average Bonchev–Trinajstić information content (AvgIpc) is 3.02. The van der Waals surface area contributed by atoms with Crippen molar-refractivity contribution in [1.82, 2.24) is 24.1 Å². The van der Waals surface area contributed by atoms with E-state index in [9.17, 15) is 0 Å². The van der Waals surface area contributed by atoms with Gasteiger partial charge in [-0.1, -0.05) is 13.8 Å². The highest BCUT2D eigenvalue weighted by Crippen LogP contribution is 2.26. The van der Waals surface area contributed by atoms with Gasteiger partial charge in [-0.05, 0) is 26.7 Å². The first-order valence-electron chi connectivity index (χ1n) is 7.95. The molecule has 0 radical (unpaired) electrons. The smallest absolute Gasteiger partial charge is 0.160 e. The van der Waals surface area contributed by atoms with E-state index in [2.05, 4.69) is 45.7 Å². The minimum Gasteiger partial charge on any atom is -0.360 e. The lowest BCUT2D eigenvalue weighted by Crippen LogP contribution is -2.22. The molecule has 3 aromatic heterocycles. The monoisotopic (exact) mass is 312 g/mol. The number of aryl methyl sites for hydroxylation is 4. The van der Waals surface area contributed by atoms with Gasteiger partial charge in [0.2, 0.25) is 0 Å². The molecule has 0 spiro atoms. The second kappa shape index (κ2) is 5.68. The zero-order chi connectivity index (χ0) is 16.7. The summed E-state index contributed by atoms with van der Waals surface area (Å²) < 4.78 is 3.96. The van der Waals surface area contributed by atoms with Crippen LogP contribution in [0.4, 0.5) is 5.82 Å². The molecule has 0 saturated carbocycles. The molecule has 6 nitrogen and oxygen atoms in total. The third kappa shape index (κ3) is 2.69. The summed E-state index contributed by atoms with van der Waals surface area (Å²) in [6.45, 7) is 10.5. The van der Waals surface area contributed by atoms with Crippen molar-refractivity contribution in [2.45, 2.75) is 40.7 Å². The number of anilines is 1. The summed E-state index contributed by atoms with van der Waals surface area (Å²) in [7, 11) is 2.02. The Morgan fingerprint density at radius 3 is 2.52 bits per heavy atom. The van der Waals surface area contributed by atoms with Crippen molar-refractivity contribution in [2.75, 3.05) is 5.32 Å². The van der Waals surface area contributed by atoms with Gasteiger partial charge in [0.1, 0.15) is 11.6 Å². The van der Waals surface area contributed by atoms with Crippen LogP contribution in [0.2, 0.25) is 0 Å². The van der Waals surface area contributed by atoms with E-state index in [0.717, 1.165) is 34.2 Å². The third-order valence-corrected chi connectivity index (χ3v) is 4.29. The second-order valence-electron chi connectivity index (χ2n) is 6.49. The van der Waals surface area contributed by atoms with Crippen molar-refractivity contribution < 1.29 is 0 Å². The van der Waals surface area contributed by atoms with Gasteiger partial charge in [-0.3, -0.25) is 0 Å². The molecule has 23 heavy (non-hydrogen) atoms. The predicted octanol–water partition coefficient (Wildman–Crippen LogP) is 3.20. The van der Waals surface area contributed by atoms with Gasteiger partial charge in [-0.15, -0.1) is 0 Å². The van der Waals surface area contributed by atoms with Gasteiger partial charge < -0.3 is 9.88 Å². The number of imidazole rings is 1. The molecule has 0 aromatic carbocycles. The van der Waals surface area contributed by atoms with Gasteiger partial charge in [0.05, 0.1) is 11.7 Å². The topological polar surface area (TPSA) is 60.0 Å². The molecule has 0 unspecified atom stereocenters. The minimum absolute atomic E-state index is 0.102. The standard InChI is InChI=1S/C17H24N6/c1-10(2)15(17-18-7-8-22(17)6)20-14-9-11(3)19-16-12(4)13(5)21-23(14)16/h7-10,15,20H,1-6H3/t15-/m0/s1. The van der Waals surface area contributed by atoms with Gasteiger partial charge in [-0.25, -0.2) is 9.97 Å². The van der Waals surface area contributed by atoms with E-state index < -0.39 is 0 Å². The summed E-state index contributed by atoms with van der Waals surface area (Å²) in [5, 5.41) is 8.26. The van der Waals surface area contributed by atoms with E-state index in [0.29, 0.717) is 5.92 Å². The van der Waals surface area contributed by atoms with Gasteiger partial charge in [0, 0.05) is 36.8 Å². The Balaban J connectivity index is 2.09. The third-order valence-electron chi connectivity index (χ3n) is 4.29. The van der Waals surface area contributed by atoms with Crippen LogP contribution < -0.4 is 5.32 Å². The molecule has 0 aliphatic carbocycles. The maximum atomic E-state index is 4.63. The average molecular weight is 312 g/mol. The van der Waals surface area contributed by atoms with Crippen LogP contribution in [0.3, 0.4) is 0 Å². The highest BCUT2D eigenvalue weighted by atomic mass is 15.3. The Labute approximate surface area is 136 Å². The summed E-state index contributed by atoms with van der Waals surface area (Å²) in [5.41, 5.74) is 4.01. The summed E-state index contributed by atoms with van der Waals surface area (Å²) in [6.07, 6.45) is 3.81. The van der Waals surface area contributed by atoms with Crippen LogP contribution >= 0.6 is 0 Å². The van der Waals surface area contributed by atoms with Crippen molar-refractivity contribution in [3.8, 4) is 0 Å². The molecule has 1 N–H and O–H groups in total. The number of hydrogen-bond acceptors (Lipinski definition) is 4. The van der Waals surface area contributed by atoms with Crippen molar-refractivity contribution >= 4 is 11.5 Å². The molecule has 3 heterocycles. The Morgan fingerprint density at radius 1 is 1.17 bits per heavy atom. The lowest BCUT2D eigenvalue weighted by Gasteiger charge is -2.23. The fourth-order valence-corrected chi connectivity index (χ4v) is 2.82. The highest BCUT2D eigenvalue weighted by molar-refractivity contribution is 5.56. The van der Waals surface area contributed by atoms with E-state index >= 15 is 0 Å². The van der Waals surface area contributed by atoms with Crippen LogP contribution in [-0.2, 0) is 7.05 Å². The molecule has 0 saturated heterocycles. The largest absolute Gasteiger partial charge is 0.360 e. The zero-order valence-corrected chi connectivity index (χ0v) is 14.6. The van der Waals surface area contributed by atoms with E-state index in [1.165, 1.54) is 0 Å². The molecule has 0 amide bonds. The summed E-state index contributed by atoms with van der Waals surface area (Å²) >= 11 is 0. The fourth-order valence-electron chi connectivity index (χ4n) is 2.82. The van der Waals surface area contributed by atoms with Crippen molar-refractivity contribution in [3.63, 3.8) is 0 Å². The lowest BCUT2D eigenvalue weighted by molar-refractivity contribution is 0.505. The number of nitrogens with one attached hydrogen (secondary N) is 1. The van der Waals surface area contributed by atoms with Gasteiger partial charge >= 0.3 is 0 Å². The highest BCUT2D eigenvalue weighted by Gasteiger charge is 2.22. The molecular weight excluding hydrogens is 288 g/mol. The molecule has 6 heteroatoms. The Bertz CT molecular complexity index is 842. The molecule has 0 aliphatic heterocycles. The van der Waals surface area contributed by atoms with Crippen LogP contribution in [0.15, 0.2) is 18.5 Å². The minimum atomic E-state index is 0.102. The molecular formula is C17H24N6. The van der Waals surface area contributed by atoms with Crippen LogP contribution in [-0.4, -0.2) is 24.1 Å². The van der Waals surface area contributed by atoms with E-state index in [1.807, 2.05) is 43.9 Å². The maximum absolute atomic E-state index is 4.63. The number of rotatable bonds is 4. The molecule has 122 valence electrons. The van der Waals surface area contributed by atoms with Crippen molar-refractivity contribution in [1.29, 1.82) is 0 Å². The second-order valence-corrected chi connectivity index (χ2v) is 6.49. The molecule has 0 aliphatic rings. The van der Waals surface area contributed by atoms with Gasteiger partial charge in [0.15, 0.2) is 5.65 Å². The van der Waals surface area contributed by atoms with E-state index in [4.69, 9.17) is 0 Å². The predicted molar refractivity (Wildman–Crippen MR) is 91.6 cm³/mol. The van der Waals surface area contributed by atoms with Crippen LogP contribution in [0.25, 0.3) is 5.65 Å². The Kier molecular flexibility index (Phi) is 3.83. The number of nitrogens with zero attached hydrogens (tertiary/aromatic N) is 5. The summed E-state index contributed by atoms with van der Waals surface area (Å²) in [5.74, 6) is 2.35. The molecule has 1 atom stereocenters. The number of fused-ring (bicyclic) bond motifs is 1. The first kappa shape index (κ1) is 15.5. The Morgan fingerprint density at radius 2 is 1.91 bits per heavy atom. The zero-order valence-electron chi connectivity index (χ0n) is 14.6. The SMILES string of the molecule is Cc1cc(N[C@H](c2nccn2C)C(C)C)n2nc(C)c(C)c2n1. The fraction of sp³-hybridized carbons (Fsp3) is 0.471. The van der Waals surface area contributed by atoms with Crippen molar-refractivity contribution in [3.05, 3.63) is 41.2 Å². The molecule has 3 aromatic rings. The molecule has 0 bridgehead atoms. The first-order valence-corrected chi connectivity index (χ1v) is 7.95. The Hall–Kier alpha value is -2.37. The summed E-state index contributed by atoms with van der Waals surface area (Å²) in [6, 6.07) is 2.14. The lowest BCUT2D eigenvalue weighted by atomic mass is 10.0. The quantitative estimate of drug-likeness (QED) is 0.803. The summed E-state index contributed by atoms with van der Waals surface area (Å²) in [4.78, 5) is 9.14. The molecule has 0 fully saturated rings. The first-order chi connectivity index (χ1) is 10.9. The van der Waals surface area contributed by atoms with Crippen LogP contribution in [0, 0.1) is 26.7 Å². The van der Waals surface area contributed by atoms with Gasteiger partial charge in [-0.2, -0.15) is 9.61 Å². The van der Waals surface area contributed by atoms with Crippen molar-refractivity contribution in [2.24, 2.45) is 13.0 Å². The van der Waals surface area contributed by atoms with E-state index in [1.54, 1.807) is 0 Å². The van der Waals surface area contributed by atoms with Crippen LogP contribution in [0.5, 0.6) is 0 Å². The van der Waals surface area contributed by atoms with Gasteiger partial charge in [0.25, 0.3) is 0 Å². The normalized spacial score (nSPS) is 13.0. The number of aromatic nitrogens is 5. The number of hydrogen-bond donors (Lipinski definition) is 1. The van der Waals surface area contributed by atoms with E-state index in [-0.39, 0.29) is 6.04 Å².